The van der Waals surface area contributed by atoms with Gasteiger partial charge >= 0.3 is 6.03 Å². The summed E-state index contributed by atoms with van der Waals surface area (Å²) in [7, 11) is 0. The molecular weight excluding hydrogens is 224 g/mol. The fourth-order valence-electron chi connectivity index (χ4n) is 2.92. The van der Waals surface area contributed by atoms with Crippen LogP contribution in [0.15, 0.2) is 0 Å². The van der Waals surface area contributed by atoms with Crippen molar-refractivity contribution < 1.29 is 4.79 Å². The van der Waals surface area contributed by atoms with Crippen molar-refractivity contribution in [3.8, 4) is 0 Å². The molecule has 18 heavy (non-hydrogen) atoms. The minimum absolute atomic E-state index is 0.343. The standard InChI is InChI=1S/C15H26N2O/c18-15(16-9-3-1-2-4-10-16)17(11-13-5-6-13)12-14-7-8-14/h13-14H,1-12H2. The molecular formula is C15H26N2O. The lowest BCUT2D eigenvalue weighted by atomic mass is 10.2. The molecule has 0 aromatic rings. The van der Waals surface area contributed by atoms with Gasteiger partial charge in [-0.3, -0.25) is 0 Å². The molecule has 2 amide bonds. The van der Waals surface area contributed by atoms with Crippen LogP contribution in [0.4, 0.5) is 4.79 Å². The second-order valence-corrected chi connectivity index (χ2v) is 6.48. The maximum absolute atomic E-state index is 12.6. The van der Waals surface area contributed by atoms with Gasteiger partial charge in [0.05, 0.1) is 0 Å². The van der Waals surface area contributed by atoms with E-state index < -0.39 is 0 Å². The predicted molar refractivity (Wildman–Crippen MR) is 72.5 cm³/mol. The van der Waals surface area contributed by atoms with Gasteiger partial charge in [-0.1, -0.05) is 12.8 Å². The zero-order valence-electron chi connectivity index (χ0n) is 11.4. The summed E-state index contributed by atoms with van der Waals surface area (Å²) in [6.07, 6.45) is 10.4. The highest BCUT2D eigenvalue weighted by Gasteiger charge is 2.33. The Hall–Kier alpha value is -0.730. The fraction of sp³-hybridized carbons (Fsp3) is 0.933. The van der Waals surface area contributed by atoms with Crippen LogP contribution in [0, 0.1) is 11.8 Å². The first-order valence-corrected chi connectivity index (χ1v) is 7.87. The van der Waals surface area contributed by atoms with Crippen LogP contribution in [0.25, 0.3) is 0 Å². The maximum Gasteiger partial charge on any atom is 0.320 e. The van der Waals surface area contributed by atoms with Crippen molar-refractivity contribution in [2.24, 2.45) is 11.8 Å². The molecule has 3 nitrogen and oxygen atoms in total. The van der Waals surface area contributed by atoms with Crippen LogP contribution >= 0.6 is 0 Å². The van der Waals surface area contributed by atoms with Gasteiger partial charge in [0, 0.05) is 26.2 Å². The van der Waals surface area contributed by atoms with E-state index in [0.717, 1.165) is 38.0 Å². The molecule has 0 radical (unpaired) electrons. The zero-order valence-corrected chi connectivity index (χ0v) is 11.4. The first-order chi connectivity index (χ1) is 8.83. The third kappa shape index (κ3) is 3.39. The number of likely N-dealkylation sites (tertiary alicyclic amines) is 1. The summed E-state index contributed by atoms with van der Waals surface area (Å²) in [5, 5.41) is 0. The topological polar surface area (TPSA) is 23.6 Å². The second kappa shape index (κ2) is 5.50. The van der Waals surface area contributed by atoms with E-state index in [1.54, 1.807) is 0 Å². The summed E-state index contributed by atoms with van der Waals surface area (Å²) in [5.74, 6) is 1.64. The van der Waals surface area contributed by atoms with E-state index in [9.17, 15) is 4.79 Å². The number of hydrogen-bond acceptors (Lipinski definition) is 1. The SMILES string of the molecule is O=C(N1CCCCCC1)N(CC1CC1)CC1CC1. The van der Waals surface area contributed by atoms with E-state index in [4.69, 9.17) is 0 Å². The first-order valence-electron chi connectivity index (χ1n) is 7.87. The first kappa shape index (κ1) is 12.3. The average molecular weight is 250 g/mol. The van der Waals surface area contributed by atoms with Gasteiger partial charge in [-0.25, -0.2) is 4.79 Å². The monoisotopic (exact) mass is 250 g/mol. The van der Waals surface area contributed by atoms with E-state index in [2.05, 4.69) is 9.80 Å². The summed E-state index contributed by atoms with van der Waals surface area (Å²) < 4.78 is 0. The van der Waals surface area contributed by atoms with E-state index in [-0.39, 0.29) is 0 Å². The molecule has 0 unspecified atom stereocenters. The van der Waals surface area contributed by atoms with Crippen LogP contribution in [-0.4, -0.2) is 42.0 Å². The Bertz CT molecular complexity index is 275. The minimum Gasteiger partial charge on any atom is -0.325 e. The molecule has 0 aromatic carbocycles. The summed E-state index contributed by atoms with van der Waals surface area (Å²) in [5.41, 5.74) is 0. The summed E-state index contributed by atoms with van der Waals surface area (Å²) >= 11 is 0. The molecule has 3 rings (SSSR count). The lowest BCUT2D eigenvalue weighted by molar-refractivity contribution is 0.150. The van der Waals surface area contributed by atoms with Gasteiger partial charge < -0.3 is 9.80 Å². The molecule has 2 saturated carbocycles. The van der Waals surface area contributed by atoms with Crippen molar-refractivity contribution in [1.29, 1.82) is 0 Å². The molecule has 3 heteroatoms. The van der Waals surface area contributed by atoms with E-state index in [1.807, 2.05) is 0 Å². The van der Waals surface area contributed by atoms with Crippen LogP contribution < -0.4 is 0 Å². The number of nitrogens with zero attached hydrogens (tertiary/aromatic N) is 2. The quantitative estimate of drug-likeness (QED) is 0.752. The molecule has 0 bridgehead atoms. The molecule has 1 heterocycles. The van der Waals surface area contributed by atoms with Gasteiger partial charge in [0.2, 0.25) is 0 Å². The number of amides is 2. The van der Waals surface area contributed by atoms with Gasteiger partial charge in [-0.2, -0.15) is 0 Å². The van der Waals surface area contributed by atoms with Crippen molar-refractivity contribution in [1.82, 2.24) is 9.80 Å². The van der Waals surface area contributed by atoms with Crippen molar-refractivity contribution in [3.63, 3.8) is 0 Å². The van der Waals surface area contributed by atoms with Crippen molar-refractivity contribution in [3.05, 3.63) is 0 Å². The largest absolute Gasteiger partial charge is 0.325 e. The molecule has 3 aliphatic rings. The molecule has 0 spiro atoms. The normalized spacial score (nSPS) is 24.8. The molecule has 102 valence electrons. The molecule has 2 aliphatic carbocycles. The lowest BCUT2D eigenvalue weighted by Gasteiger charge is -2.30. The van der Waals surface area contributed by atoms with Crippen LogP contribution in [0.5, 0.6) is 0 Å². The van der Waals surface area contributed by atoms with Crippen molar-refractivity contribution >= 4 is 6.03 Å². The zero-order chi connectivity index (χ0) is 12.4. The number of hydrogen-bond donors (Lipinski definition) is 0. The number of rotatable bonds is 4. The number of carbonyl (C=O) groups excluding carboxylic acids is 1. The molecule has 1 saturated heterocycles. The van der Waals surface area contributed by atoms with Crippen LogP contribution in [-0.2, 0) is 0 Å². The number of carbonyl (C=O) groups is 1. The van der Waals surface area contributed by atoms with E-state index in [0.29, 0.717) is 6.03 Å². The third-order valence-electron chi connectivity index (χ3n) is 4.50. The predicted octanol–water partition coefficient (Wildman–Crippen LogP) is 3.10. The van der Waals surface area contributed by atoms with Crippen LogP contribution in [0.1, 0.15) is 51.4 Å². The smallest absolute Gasteiger partial charge is 0.320 e. The minimum atomic E-state index is 0.343. The molecule has 3 fully saturated rings. The second-order valence-electron chi connectivity index (χ2n) is 6.48. The Morgan fingerprint density at radius 1 is 0.889 bits per heavy atom. The Morgan fingerprint density at radius 2 is 1.39 bits per heavy atom. The van der Waals surface area contributed by atoms with E-state index in [1.165, 1.54) is 51.4 Å². The summed E-state index contributed by atoms with van der Waals surface area (Å²) in [4.78, 5) is 16.9. The van der Waals surface area contributed by atoms with Gasteiger partial charge in [0.15, 0.2) is 0 Å². The Labute approximate surface area is 111 Å². The Morgan fingerprint density at radius 3 is 1.83 bits per heavy atom. The average Bonchev–Trinajstić information content (AvgIpc) is 3.23. The third-order valence-corrected chi connectivity index (χ3v) is 4.50. The van der Waals surface area contributed by atoms with Crippen LogP contribution in [0.3, 0.4) is 0 Å². The van der Waals surface area contributed by atoms with Gasteiger partial charge in [0.25, 0.3) is 0 Å². The van der Waals surface area contributed by atoms with Gasteiger partial charge in [-0.15, -0.1) is 0 Å². The van der Waals surface area contributed by atoms with Gasteiger partial charge in [-0.05, 0) is 50.4 Å². The Kier molecular flexibility index (Phi) is 3.76. The van der Waals surface area contributed by atoms with E-state index >= 15 is 0 Å². The van der Waals surface area contributed by atoms with Crippen LogP contribution in [0.2, 0.25) is 0 Å². The summed E-state index contributed by atoms with van der Waals surface area (Å²) in [6, 6.07) is 0.343. The maximum atomic E-state index is 12.6. The lowest BCUT2D eigenvalue weighted by Crippen LogP contribution is -2.45. The fourth-order valence-corrected chi connectivity index (χ4v) is 2.92. The molecule has 0 aromatic heterocycles. The highest BCUT2D eigenvalue weighted by Crippen LogP contribution is 2.34. The highest BCUT2D eigenvalue weighted by atomic mass is 16.2. The van der Waals surface area contributed by atoms with Crippen molar-refractivity contribution in [2.75, 3.05) is 26.2 Å². The molecule has 0 atom stereocenters. The molecule has 0 N–H and O–H groups in total. The van der Waals surface area contributed by atoms with Gasteiger partial charge in [0.1, 0.15) is 0 Å². The Balaban J connectivity index is 1.57. The number of urea groups is 1. The van der Waals surface area contributed by atoms with Crippen molar-refractivity contribution in [2.45, 2.75) is 51.4 Å². The summed E-state index contributed by atoms with van der Waals surface area (Å²) in [6.45, 7) is 4.05. The molecule has 1 aliphatic heterocycles. The highest BCUT2D eigenvalue weighted by molar-refractivity contribution is 5.74.